The molecule has 3 aromatic rings. The monoisotopic (exact) mass is 324 g/mol. The van der Waals surface area contributed by atoms with Crippen LogP contribution in [0.3, 0.4) is 0 Å². The Bertz CT molecular complexity index is 753. The van der Waals surface area contributed by atoms with Crippen molar-refractivity contribution in [1.29, 1.82) is 0 Å². The lowest BCUT2D eigenvalue weighted by Crippen LogP contribution is -2.44. The van der Waals surface area contributed by atoms with E-state index in [1.54, 1.807) is 11.3 Å². The van der Waals surface area contributed by atoms with E-state index in [1.807, 2.05) is 10.9 Å². The van der Waals surface area contributed by atoms with Crippen LogP contribution in [0.1, 0.15) is 0 Å². The second-order valence-electron chi connectivity index (χ2n) is 5.95. The van der Waals surface area contributed by atoms with Crippen molar-refractivity contribution >= 4 is 17.0 Å². The Morgan fingerprint density at radius 2 is 1.65 bits per heavy atom. The van der Waals surface area contributed by atoms with Gasteiger partial charge in [0.1, 0.15) is 0 Å². The molecule has 0 saturated carbocycles. The zero-order chi connectivity index (χ0) is 15.6. The zero-order valence-electron chi connectivity index (χ0n) is 13.2. The van der Waals surface area contributed by atoms with Crippen LogP contribution >= 0.6 is 11.3 Å². The van der Waals surface area contributed by atoms with Gasteiger partial charge in [-0.1, -0.05) is 0 Å². The first kappa shape index (κ1) is 14.5. The van der Waals surface area contributed by atoms with E-state index in [9.17, 15) is 0 Å². The second kappa shape index (κ2) is 6.18. The molecule has 0 bridgehead atoms. The number of benzene rings is 1. The van der Waals surface area contributed by atoms with E-state index in [2.05, 4.69) is 69.1 Å². The van der Waals surface area contributed by atoms with Gasteiger partial charge in [0.15, 0.2) is 0 Å². The average molecular weight is 324 g/mol. The third-order valence-electron chi connectivity index (χ3n) is 4.42. The molecule has 0 spiro atoms. The maximum absolute atomic E-state index is 4.50. The summed E-state index contributed by atoms with van der Waals surface area (Å²) in [6.45, 7) is 4.45. The lowest BCUT2D eigenvalue weighted by atomic mass is 10.2. The predicted molar refractivity (Wildman–Crippen MR) is 96.6 cm³/mol. The minimum absolute atomic E-state index is 1.10. The van der Waals surface area contributed by atoms with Crippen molar-refractivity contribution in [2.75, 3.05) is 38.1 Å². The van der Waals surface area contributed by atoms with Crippen molar-refractivity contribution in [3.63, 3.8) is 0 Å². The number of piperazine rings is 1. The van der Waals surface area contributed by atoms with E-state index in [0.29, 0.717) is 0 Å². The van der Waals surface area contributed by atoms with Gasteiger partial charge in [-0.15, -0.1) is 0 Å². The third-order valence-corrected chi connectivity index (χ3v) is 5.11. The number of anilines is 1. The highest BCUT2D eigenvalue weighted by Crippen LogP contribution is 2.25. The molecule has 23 heavy (non-hydrogen) atoms. The average Bonchev–Trinajstić information content (AvgIpc) is 3.27. The standard InChI is InChI=1S/C18H20N4S/c1-20-9-11-21(12-10-20)16-2-4-17(5-3-16)22-18(6-8-19-22)15-7-13-23-14-15/h2-8,13-14H,9-12H2,1H3. The maximum atomic E-state index is 4.50. The van der Waals surface area contributed by atoms with Crippen LogP contribution in [0.15, 0.2) is 53.4 Å². The zero-order valence-corrected chi connectivity index (χ0v) is 14.0. The molecule has 1 aromatic carbocycles. The largest absolute Gasteiger partial charge is 0.369 e. The molecule has 4 rings (SSSR count). The minimum Gasteiger partial charge on any atom is -0.369 e. The molecule has 118 valence electrons. The number of aromatic nitrogens is 2. The van der Waals surface area contributed by atoms with Gasteiger partial charge in [-0.3, -0.25) is 0 Å². The third kappa shape index (κ3) is 2.90. The maximum Gasteiger partial charge on any atom is 0.0749 e. The Hall–Kier alpha value is -2.11. The second-order valence-corrected chi connectivity index (χ2v) is 6.73. The van der Waals surface area contributed by atoms with Crippen LogP contribution in [0.5, 0.6) is 0 Å². The summed E-state index contributed by atoms with van der Waals surface area (Å²) in [5.74, 6) is 0. The van der Waals surface area contributed by atoms with Crippen molar-refractivity contribution < 1.29 is 0 Å². The molecule has 5 heteroatoms. The van der Waals surface area contributed by atoms with Crippen molar-refractivity contribution in [3.05, 3.63) is 53.4 Å². The number of thiophene rings is 1. The van der Waals surface area contributed by atoms with Gasteiger partial charge in [0.25, 0.3) is 0 Å². The molecule has 0 amide bonds. The first-order valence-electron chi connectivity index (χ1n) is 7.92. The van der Waals surface area contributed by atoms with Gasteiger partial charge in [-0.05, 0) is 48.8 Å². The van der Waals surface area contributed by atoms with Gasteiger partial charge >= 0.3 is 0 Å². The smallest absolute Gasteiger partial charge is 0.0749 e. The van der Waals surface area contributed by atoms with E-state index in [0.717, 1.165) is 37.6 Å². The van der Waals surface area contributed by atoms with Crippen LogP contribution in [0.4, 0.5) is 5.69 Å². The quantitative estimate of drug-likeness (QED) is 0.738. The first-order valence-corrected chi connectivity index (χ1v) is 8.86. The number of likely N-dealkylation sites (N-methyl/N-ethyl adjacent to an activating group) is 1. The molecular formula is C18H20N4S. The fourth-order valence-corrected chi connectivity index (χ4v) is 3.66. The topological polar surface area (TPSA) is 24.3 Å². The molecule has 1 fully saturated rings. The Kier molecular flexibility index (Phi) is 3.89. The first-order chi connectivity index (χ1) is 11.3. The van der Waals surface area contributed by atoms with Gasteiger partial charge in [0.05, 0.1) is 17.6 Å². The number of hydrogen-bond acceptors (Lipinski definition) is 4. The Morgan fingerprint density at radius 1 is 0.913 bits per heavy atom. The number of hydrogen-bond donors (Lipinski definition) is 0. The highest BCUT2D eigenvalue weighted by Gasteiger charge is 2.14. The molecule has 3 heterocycles. The molecule has 2 aromatic heterocycles. The van der Waals surface area contributed by atoms with E-state index in [-0.39, 0.29) is 0 Å². The highest BCUT2D eigenvalue weighted by molar-refractivity contribution is 7.08. The van der Waals surface area contributed by atoms with Crippen molar-refractivity contribution in [1.82, 2.24) is 14.7 Å². The molecule has 1 aliphatic rings. The fourth-order valence-electron chi connectivity index (χ4n) is 3.01. The van der Waals surface area contributed by atoms with Crippen molar-refractivity contribution in [3.8, 4) is 16.9 Å². The molecular weight excluding hydrogens is 304 g/mol. The SMILES string of the molecule is CN1CCN(c2ccc(-n3nccc3-c3ccsc3)cc2)CC1. The fraction of sp³-hybridized carbons (Fsp3) is 0.278. The van der Waals surface area contributed by atoms with Gasteiger partial charge in [-0.25, -0.2) is 4.68 Å². The molecule has 0 unspecified atom stereocenters. The van der Waals surface area contributed by atoms with Crippen LogP contribution < -0.4 is 4.90 Å². The van der Waals surface area contributed by atoms with Crippen molar-refractivity contribution in [2.24, 2.45) is 0 Å². The summed E-state index contributed by atoms with van der Waals surface area (Å²) in [5, 5.41) is 8.75. The lowest BCUT2D eigenvalue weighted by molar-refractivity contribution is 0.313. The number of rotatable bonds is 3. The van der Waals surface area contributed by atoms with Crippen molar-refractivity contribution in [2.45, 2.75) is 0 Å². The Labute approximate surface area is 140 Å². The van der Waals surface area contributed by atoms with Crippen LogP contribution in [0.2, 0.25) is 0 Å². The normalized spacial score (nSPS) is 16.0. The molecule has 4 nitrogen and oxygen atoms in total. The Morgan fingerprint density at radius 3 is 2.35 bits per heavy atom. The summed E-state index contributed by atoms with van der Waals surface area (Å²) < 4.78 is 2.01. The van der Waals surface area contributed by atoms with Crippen LogP contribution in [-0.2, 0) is 0 Å². The summed E-state index contributed by atoms with van der Waals surface area (Å²) in [6, 6.07) is 12.9. The molecule has 0 aliphatic carbocycles. The Balaban J connectivity index is 1.58. The van der Waals surface area contributed by atoms with Crippen LogP contribution in [0, 0.1) is 0 Å². The van der Waals surface area contributed by atoms with Gasteiger partial charge in [0.2, 0.25) is 0 Å². The van der Waals surface area contributed by atoms with Gasteiger partial charge < -0.3 is 9.80 Å². The molecule has 0 atom stereocenters. The summed E-state index contributed by atoms with van der Waals surface area (Å²) in [5.41, 5.74) is 4.76. The molecule has 0 N–H and O–H groups in total. The molecule has 0 radical (unpaired) electrons. The van der Waals surface area contributed by atoms with Crippen LogP contribution in [0.25, 0.3) is 16.9 Å². The lowest BCUT2D eigenvalue weighted by Gasteiger charge is -2.34. The van der Waals surface area contributed by atoms with Gasteiger partial charge in [-0.2, -0.15) is 16.4 Å². The minimum atomic E-state index is 1.10. The summed E-state index contributed by atoms with van der Waals surface area (Å²) in [6.07, 6.45) is 1.86. The summed E-state index contributed by atoms with van der Waals surface area (Å²) >= 11 is 1.71. The summed E-state index contributed by atoms with van der Waals surface area (Å²) in [4.78, 5) is 4.83. The molecule has 1 saturated heterocycles. The predicted octanol–water partition coefficient (Wildman–Crippen LogP) is 3.35. The van der Waals surface area contributed by atoms with E-state index < -0.39 is 0 Å². The van der Waals surface area contributed by atoms with Gasteiger partial charge in [0, 0.05) is 42.8 Å². The van der Waals surface area contributed by atoms with E-state index in [4.69, 9.17) is 0 Å². The van der Waals surface area contributed by atoms with Crippen LogP contribution in [-0.4, -0.2) is 47.9 Å². The highest BCUT2D eigenvalue weighted by atomic mass is 32.1. The molecule has 1 aliphatic heterocycles. The van der Waals surface area contributed by atoms with E-state index >= 15 is 0 Å². The number of nitrogens with zero attached hydrogens (tertiary/aromatic N) is 4. The van der Waals surface area contributed by atoms with E-state index in [1.165, 1.54) is 11.3 Å². The summed E-state index contributed by atoms with van der Waals surface area (Å²) in [7, 11) is 2.18.